The fourth-order valence-corrected chi connectivity index (χ4v) is 5.58. The molecule has 1 saturated heterocycles. The molecular formula is C22H29Cl3N6OS. The monoisotopic (exact) mass is 530 g/mol. The normalized spacial score (nSPS) is 18.1. The van der Waals surface area contributed by atoms with E-state index in [2.05, 4.69) is 53.1 Å². The van der Waals surface area contributed by atoms with Crippen molar-refractivity contribution in [3.8, 4) is 16.2 Å². The Morgan fingerprint density at radius 3 is 2.61 bits per heavy atom. The third-order valence-corrected chi connectivity index (χ3v) is 7.04. The van der Waals surface area contributed by atoms with Gasteiger partial charge >= 0.3 is 0 Å². The van der Waals surface area contributed by atoms with Crippen molar-refractivity contribution in [3.63, 3.8) is 0 Å². The molecule has 7 nitrogen and oxygen atoms in total. The number of halogens is 3. The lowest BCUT2D eigenvalue weighted by atomic mass is 10.0. The van der Waals surface area contributed by atoms with Crippen LogP contribution in [0.3, 0.4) is 0 Å². The van der Waals surface area contributed by atoms with Crippen LogP contribution in [0.25, 0.3) is 26.0 Å². The molecule has 1 aliphatic rings. The molecule has 180 valence electrons. The topological polar surface area (TPSA) is 94.7 Å². The molecule has 4 N–H and O–H groups in total. The van der Waals surface area contributed by atoms with Crippen LogP contribution < -0.4 is 16.2 Å². The second-order valence-corrected chi connectivity index (χ2v) is 9.62. The predicted octanol–water partition coefficient (Wildman–Crippen LogP) is 4.70. The highest BCUT2D eigenvalue weighted by atomic mass is 35.5. The van der Waals surface area contributed by atoms with E-state index in [-0.39, 0.29) is 42.8 Å². The third kappa shape index (κ3) is 5.01. The van der Waals surface area contributed by atoms with Gasteiger partial charge in [-0.2, -0.15) is 5.10 Å². The third-order valence-electron chi connectivity index (χ3n) is 5.84. The first-order valence-corrected chi connectivity index (χ1v) is 10.9. The van der Waals surface area contributed by atoms with Crippen LogP contribution in [0.4, 0.5) is 5.82 Å². The molecule has 0 aliphatic carbocycles. The standard InChI is InChI=1S/C22H26N6OS.3ClH/c1-13-6-14-8-18(30-20(14)17(7-13)29-3)16-9-15(10-27-5-4-22(2,24)11-27)28-19(16)21(23)25-12-26-28;;;/h6-9,12H,4-5,10-11,24H2,1-3H3,(H2,23,25,26);3*1H/t22-;;;/m0.../s1. The van der Waals surface area contributed by atoms with Gasteiger partial charge in [-0.25, -0.2) is 9.50 Å². The Bertz CT molecular complexity index is 1270. The Hall–Kier alpha value is -1.81. The van der Waals surface area contributed by atoms with E-state index in [1.165, 1.54) is 17.3 Å². The van der Waals surface area contributed by atoms with Gasteiger partial charge < -0.3 is 16.2 Å². The number of benzene rings is 1. The average Bonchev–Trinajstić information content (AvgIpc) is 3.37. The number of thiophene rings is 1. The minimum atomic E-state index is -0.135. The molecule has 33 heavy (non-hydrogen) atoms. The number of hydrogen-bond acceptors (Lipinski definition) is 7. The number of nitrogen functional groups attached to an aromatic ring is 1. The Labute approximate surface area is 215 Å². The van der Waals surface area contributed by atoms with E-state index in [0.717, 1.165) is 58.2 Å². The molecule has 1 atom stereocenters. The molecule has 0 spiro atoms. The second kappa shape index (κ2) is 10.2. The number of aromatic nitrogens is 3. The summed E-state index contributed by atoms with van der Waals surface area (Å²) < 4.78 is 8.68. The molecule has 0 unspecified atom stereocenters. The van der Waals surface area contributed by atoms with Crippen molar-refractivity contribution in [1.82, 2.24) is 19.5 Å². The van der Waals surface area contributed by atoms with Gasteiger partial charge in [-0.1, -0.05) is 6.07 Å². The highest BCUT2D eigenvalue weighted by Crippen LogP contribution is 2.42. The van der Waals surface area contributed by atoms with Crippen molar-refractivity contribution in [2.24, 2.45) is 5.73 Å². The average molecular weight is 532 g/mol. The zero-order valence-electron chi connectivity index (χ0n) is 18.7. The second-order valence-electron chi connectivity index (χ2n) is 8.57. The van der Waals surface area contributed by atoms with E-state index in [0.29, 0.717) is 5.82 Å². The van der Waals surface area contributed by atoms with Crippen LogP contribution in [-0.4, -0.2) is 45.2 Å². The summed E-state index contributed by atoms with van der Waals surface area (Å²) in [6, 6.07) is 8.65. The van der Waals surface area contributed by atoms with Crippen LogP contribution in [0.1, 0.15) is 24.6 Å². The van der Waals surface area contributed by atoms with E-state index in [9.17, 15) is 0 Å². The lowest BCUT2D eigenvalue weighted by Crippen LogP contribution is -2.39. The molecule has 1 fully saturated rings. The van der Waals surface area contributed by atoms with Crippen molar-refractivity contribution < 1.29 is 4.74 Å². The highest BCUT2D eigenvalue weighted by Gasteiger charge is 2.30. The number of ether oxygens (including phenoxy) is 1. The molecule has 0 saturated carbocycles. The van der Waals surface area contributed by atoms with Gasteiger partial charge in [0.15, 0.2) is 5.82 Å². The lowest BCUT2D eigenvalue weighted by molar-refractivity contribution is 0.304. The molecule has 3 aromatic heterocycles. The van der Waals surface area contributed by atoms with Crippen LogP contribution in [0.2, 0.25) is 0 Å². The molecule has 4 aromatic rings. The van der Waals surface area contributed by atoms with Crippen LogP contribution in [0.5, 0.6) is 5.75 Å². The number of anilines is 1. The number of rotatable bonds is 4. The summed E-state index contributed by atoms with van der Waals surface area (Å²) in [6.45, 7) is 6.82. The highest BCUT2D eigenvalue weighted by molar-refractivity contribution is 7.22. The van der Waals surface area contributed by atoms with Crippen molar-refractivity contribution in [2.75, 3.05) is 25.9 Å². The maximum Gasteiger partial charge on any atom is 0.152 e. The minimum absolute atomic E-state index is 0. The van der Waals surface area contributed by atoms with Gasteiger partial charge in [-0.05, 0) is 49.4 Å². The van der Waals surface area contributed by atoms with E-state index in [1.54, 1.807) is 18.4 Å². The maximum absolute atomic E-state index is 6.33. The SMILES string of the molecule is COc1cc(C)cc2cc(-c3cc(CN4CC[C@](C)(N)C4)n4ncnc(N)c34)sc12.Cl.Cl.Cl. The summed E-state index contributed by atoms with van der Waals surface area (Å²) in [5.74, 6) is 1.38. The zero-order valence-corrected chi connectivity index (χ0v) is 22.0. The van der Waals surface area contributed by atoms with Crippen molar-refractivity contribution in [2.45, 2.75) is 32.4 Å². The van der Waals surface area contributed by atoms with Gasteiger partial charge in [0.25, 0.3) is 0 Å². The van der Waals surface area contributed by atoms with Gasteiger partial charge in [-0.15, -0.1) is 48.6 Å². The molecule has 0 bridgehead atoms. The first kappa shape index (κ1) is 27.4. The molecule has 11 heteroatoms. The van der Waals surface area contributed by atoms with E-state index < -0.39 is 0 Å². The summed E-state index contributed by atoms with van der Waals surface area (Å²) in [6.07, 6.45) is 2.51. The van der Waals surface area contributed by atoms with Crippen molar-refractivity contribution in [1.29, 1.82) is 0 Å². The fraction of sp³-hybridized carbons (Fsp3) is 0.364. The number of nitrogens with zero attached hydrogens (tertiary/aromatic N) is 4. The fourth-order valence-electron chi connectivity index (χ4n) is 4.43. The summed E-state index contributed by atoms with van der Waals surface area (Å²) >= 11 is 1.71. The van der Waals surface area contributed by atoms with E-state index in [4.69, 9.17) is 16.2 Å². The number of aryl methyl sites for hydroxylation is 1. The lowest BCUT2D eigenvalue weighted by Gasteiger charge is -2.19. The number of methoxy groups -OCH3 is 1. The van der Waals surface area contributed by atoms with Crippen molar-refractivity contribution in [3.05, 3.63) is 41.9 Å². The Kier molecular flexibility index (Phi) is 8.49. The molecule has 1 aromatic carbocycles. The molecule has 0 amide bonds. The first-order chi connectivity index (χ1) is 14.3. The van der Waals surface area contributed by atoms with Gasteiger partial charge in [0, 0.05) is 35.6 Å². The number of hydrogen-bond donors (Lipinski definition) is 2. The molecule has 4 heterocycles. The van der Waals surface area contributed by atoms with E-state index >= 15 is 0 Å². The molecule has 1 aliphatic heterocycles. The number of fused-ring (bicyclic) bond motifs is 2. The number of likely N-dealkylation sites (tertiary alicyclic amines) is 1. The smallest absolute Gasteiger partial charge is 0.152 e. The summed E-state index contributed by atoms with van der Waals surface area (Å²) in [5, 5.41) is 5.68. The Morgan fingerprint density at radius 2 is 1.94 bits per heavy atom. The quantitative estimate of drug-likeness (QED) is 0.396. The van der Waals surface area contributed by atoms with Crippen LogP contribution in [0.15, 0.2) is 30.6 Å². The van der Waals surface area contributed by atoms with Crippen LogP contribution >= 0.6 is 48.6 Å². The molecule has 0 radical (unpaired) electrons. The largest absolute Gasteiger partial charge is 0.495 e. The molecular weight excluding hydrogens is 503 g/mol. The van der Waals surface area contributed by atoms with Gasteiger partial charge in [-0.3, -0.25) is 4.90 Å². The van der Waals surface area contributed by atoms with Crippen LogP contribution in [0, 0.1) is 6.92 Å². The minimum Gasteiger partial charge on any atom is -0.495 e. The Balaban J connectivity index is 0.00000128. The summed E-state index contributed by atoms with van der Waals surface area (Å²) in [4.78, 5) is 7.76. The summed E-state index contributed by atoms with van der Waals surface area (Å²) in [7, 11) is 1.71. The van der Waals surface area contributed by atoms with Gasteiger partial charge in [0.05, 0.1) is 17.5 Å². The first-order valence-electron chi connectivity index (χ1n) is 10.1. The maximum atomic E-state index is 6.33. The van der Waals surface area contributed by atoms with Gasteiger partial charge in [0.1, 0.15) is 17.6 Å². The zero-order chi connectivity index (χ0) is 21.0. The van der Waals surface area contributed by atoms with Crippen LogP contribution in [-0.2, 0) is 6.54 Å². The molecule has 5 rings (SSSR count). The predicted molar refractivity (Wildman–Crippen MR) is 144 cm³/mol. The number of nitrogens with two attached hydrogens (primary N) is 2. The Morgan fingerprint density at radius 1 is 1.18 bits per heavy atom. The summed E-state index contributed by atoms with van der Waals surface area (Å²) in [5.41, 5.74) is 16.7. The van der Waals surface area contributed by atoms with E-state index in [1.807, 2.05) is 4.52 Å². The van der Waals surface area contributed by atoms with Gasteiger partial charge in [0.2, 0.25) is 0 Å². The van der Waals surface area contributed by atoms with Crippen molar-refractivity contribution >= 4 is 70.0 Å².